The van der Waals surface area contributed by atoms with E-state index in [0.29, 0.717) is 0 Å². The first kappa shape index (κ1) is 38.4. The highest BCUT2D eigenvalue weighted by molar-refractivity contribution is 5.35. The van der Waals surface area contributed by atoms with Crippen LogP contribution in [0, 0.1) is 12.3 Å². The molecule has 0 spiro atoms. The molecule has 0 aliphatic rings. The van der Waals surface area contributed by atoms with E-state index in [-0.39, 0.29) is 10.8 Å². The van der Waals surface area contributed by atoms with E-state index in [0.717, 1.165) is 12.0 Å². The summed E-state index contributed by atoms with van der Waals surface area (Å²) in [6.07, 6.45) is 7.28. The van der Waals surface area contributed by atoms with Crippen LogP contribution in [0.5, 0.6) is 0 Å². The minimum absolute atomic E-state index is 0.228. The first-order chi connectivity index (χ1) is 15.1. The zero-order valence-corrected chi connectivity index (χ0v) is 25.6. The minimum atomic E-state index is 0.228. The van der Waals surface area contributed by atoms with Gasteiger partial charge in [-0.1, -0.05) is 125 Å². The van der Waals surface area contributed by atoms with Gasteiger partial charge in [0, 0.05) is 0 Å². The zero-order valence-electron chi connectivity index (χ0n) is 25.6. The van der Waals surface area contributed by atoms with Crippen molar-refractivity contribution in [3.8, 4) is 0 Å². The first-order valence-electron chi connectivity index (χ1n) is 12.8. The molecule has 0 saturated heterocycles. The molecule has 33 heavy (non-hydrogen) atoms. The molecule has 0 aliphatic heterocycles. The highest BCUT2D eigenvalue weighted by Gasteiger charge is 2.14. The lowest BCUT2D eigenvalue weighted by Gasteiger charge is -2.20. The average Bonchev–Trinajstić information content (AvgIpc) is 2.74. The third-order valence-corrected chi connectivity index (χ3v) is 4.81. The Hall–Kier alpha value is -1.82. The van der Waals surface area contributed by atoms with Crippen molar-refractivity contribution < 1.29 is 0 Å². The Balaban J connectivity index is -0.000000200. The van der Waals surface area contributed by atoms with E-state index >= 15 is 0 Å². The molecular formula is C33H60. The van der Waals surface area contributed by atoms with Gasteiger partial charge in [-0.2, -0.15) is 0 Å². The van der Waals surface area contributed by atoms with Crippen molar-refractivity contribution in [3.63, 3.8) is 0 Å². The highest BCUT2D eigenvalue weighted by Crippen LogP contribution is 2.28. The highest BCUT2D eigenvalue weighted by atomic mass is 14.2. The van der Waals surface area contributed by atoms with Crippen LogP contribution in [0.25, 0.3) is 0 Å². The van der Waals surface area contributed by atoms with E-state index in [1.165, 1.54) is 27.8 Å². The van der Waals surface area contributed by atoms with Crippen LogP contribution in [-0.4, -0.2) is 0 Å². The Kier molecular flexibility index (Phi) is 24.2. The fraction of sp³-hybridized carbons (Fsp3) is 0.576. The monoisotopic (exact) mass is 456 g/mol. The molecule has 0 aromatic heterocycles. The molecule has 0 amide bonds. The van der Waals surface area contributed by atoms with Gasteiger partial charge in [-0.25, -0.2) is 0 Å². The number of hydrogen-bond donors (Lipinski definition) is 0. The first-order valence-corrected chi connectivity index (χ1v) is 12.8. The van der Waals surface area contributed by atoms with E-state index in [1.54, 1.807) is 6.08 Å². The maximum Gasteiger partial charge on any atom is -0.0132 e. The Morgan fingerprint density at radius 3 is 1.58 bits per heavy atom. The molecule has 0 unspecified atom stereocenters. The lowest BCUT2D eigenvalue weighted by atomic mass is 9.85. The summed E-state index contributed by atoms with van der Waals surface area (Å²) in [5.41, 5.74) is 8.60. The summed E-state index contributed by atoms with van der Waals surface area (Å²) < 4.78 is 0. The van der Waals surface area contributed by atoms with Gasteiger partial charge in [-0.05, 0) is 79.7 Å². The minimum Gasteiger partial charge on any atom is -0.103 e. The fourth-order valence-electron chi connectivity index (χ4n) is 2.65. The van der Waals surface area contributed by atoms with E-state index in [1.807, 2.05) is 41.5 Å². The lowest BCUT2D eigenvalue weighted by Crippen LogP contribution is -2.11. The summed E-state index contributed by atoms with van der Waals surface area (Å²) in [6.45, 7) is 41.3. The van der Waals surface area contributed by atoms with Crippen LogP contribution in [0.3, 0.4) is 0 Å². The van der Waals surface area contributed by atoms with E-state index < -0.39 is 0 Å². The zero-order chi connectivity index (χ0) is 27.4. The summed E-state index contributed by atoms with van der Waals surface area (Å²) >= 11 is 0. The molecule has 192 valence electrons. The van der Waals surface area contributed by atoms with E-state index in [4.69, 9.17) is 0 Å². The fourth-order valence-corrected chi connectivity index (χ4v) is 2.65. The number of rotatable bonds is 3. The SMILES string of the molecule is C=C(C)/C(C)=C\C(=C/C)C(C)(C)C.C=CC.CC.CC.CCc1ccc(C(C)(C)C)cc1C. The summed E-state index contributed by atoms with van der Waals surface area (Å²) in [5.74, 6) is 0. The molecule has 1 rings (SSSR count). The second kappa shape index (κ2) is 20.8. The van der Waals surface area contributed by atoms with Gasteiger partial charge < -0.3 is 0 Å². The predicted octanol–water partition coefficient (Wildman–Crippen LogP) is 11.6. The van der Waals surface area contributed by atoms with Crippen LogP contribution in [-0.2, 0) is 11.8 Å². The number of allylic oxidation sites excluding steroid dienone is 6. The number of hydrogen-bond acceptors (Lipinski definition) is 0. The molecule has 0 saturated carbocycles. The standard InChI is InChI=1S/C13H20.C13H22.C3H6.2C2H6/c1-6-11-7-8-12(9-10(11)2)13(3,4)5;1-8-12(13(5,6)7)9-11(4)10(2)3;1-3-2;2*1-2/h7-9H,6H2,1-5H3;8-9H,2H2,1,3-7H3;3H,1H2,2H3;2*1-2H3/b;11-9-,12-8+;;;. The Bertz CT molecular complexity index is 695. The van der Waals surface area contributed by atoms with Crippen LogP contribution in [0.4, 0.5) is 0 Å². The quantitative estimate of drug-likeness (QED) is 0.313. The maximum absolute atomic E-state index is 3.93. The summed E-state index contributed by atoms with van der Waals surface area (Å²) in [6, 6.07) is 6.83. The van der Waals surface area contributed by atoms with Crippen molar-refractivity contribution in [2.45, 2.75) is 123 Å². The van der Waals surface area contributed by atoms with Crippen LogP contribution >= 0.6 is 0 Å². The molecule has 0 bridgehead atoms. The Labute approximate surface area is 211 Å². The second-order valence-electron chi connectivity index (χ2n) is 9.75. The van der Waals surface area contributed by atoms with Gasteiger partial charge in [0.05, 0.1) is 0 Å². The number of benzene rings is 1. The van der Waals surface area contributed by atoms with Crippen LogP contribution in [0.2, 0.25) is 0 Å². The molecule has 0 N–H and O–H groups in total. The van der Waals surface area contributed by atoms with Gasteiger partial charge in [-0.3, -0.25) is 0 Å². The Morgan fingerprint density at radius 2 is 1.33 bits per heavy atom. The lowest BCUT2D eigenvalue weighted by molar-refractivity contribution is 0.515. The average molecular weight is 457 g/mol. The summed E-state index contributed by atoms with van der Waals surface area (Å²) in [4.78, 5) is 0. The van der Waals surface area contributed by atoms with Crippen molar-refractivity contribution in [3.05, 3.63) is 83.0 Å². The van der Waals surface area contributed by atoms with E-state index in [2.05, 4.69) is 113 Å². The van der Waals surface area contributed by atoms with Crippen LogP contribution in [0.15, 0.2) is 66.3 Å². The molecule has 1 aromatic rings. The van der Waals surface area contributed by atoms with Gasteiger partial charge in [0.25, 0.3) is 0 Å². The molecular weight excluding hydrogens is 396 g/mol. The summed E-state index contributed by atoms with van der Waals surface area (Å²) in [5, 5.41) is 0. The van der Waals surface area contributed by atoms with Crippen molar-refractivity contribution in [2.75, 3.05) is 0 Å². The number of aryl methyl sites for hydroxylation is 2. The van der Waals surface area contributed by atoms with Crippen molar-refractivity contribution in [2.24, 2.45) is 5.41 Å². The summed E-state index contributed by atoms with van der Waals surface area (Å²) in [7, 11) is 0. The molecule has 0 atom stereocenters. The molecule has 0 nitrogen and oxygen atoms in total. The van der Waals surface area contributed by atoms with Crippen LogP contribution < -0.4 is 0 Å². The largest absolute Gasteiger partial charge is 0.103 e. The molecule has 0 heterocycles. The molecule has 0 heteroatoms. The smallest absolute Gasteiger partial charge is 0.0132 e. The van der Waals surface area contributed by atoms with Crippen molar-refractivity contribution in [1.29, 1.82) is 0 Å². The molecule has 0 radical (unpaired) electrons. The van der Waals surface area contributed by atoms with Crippen LogP contribution in [0.1, 0.15) is 121 Å². The van der Waals surface area contributed by atoms with Crippen molar-refractivity contribution >= 4 is 0 Å². The normalized spacial score (nSPS) is 11.2. The predicted molar refractivity (Wildman–Crippen MR) is 160 cm³/mol. The van der Waals surface area contributed by atoms with Gasteiger partial charge in [0.15, 0.2) is 0 Å². The van der Waals surface area contributed by atoms with Gasteiger partial charge >= 0.3 is 0 Å². The molecule has 0 fully saturated rings. The molecule has 0 aliphatic carbocycles. The molecule has 1 aromatic carbocycles. The Morgan fingerprint density at radius 1 is 0.909 bits per heavy atom. The topological polar surface area (TPSA) is 0 Å². The van der Waals surface area contributed by atoms with Crippen molar-refractivity contribution in [1.82, 2.24) is 0 Å². The van der Waals surface area contributed by atoms with Gasteiger partial charge in [-0.15, -0.1) is 6.58 Å². The third kappa shape index (κ3) is 19.4. The third-order valence-electron chi connectivity index (χ3n) is 4.81. The maximum atomic E-state index is 3.93. The van der Waals surface area contributed by atoms with Gasteiger partial charge in [0.1, 0.15) is 0 Å². The van der Waals surface area contributed by atoms with Gasteiger partial charge in [0.2, 0.25) is 0 Å². The van der Waals surface area contributed by atoms with E-state index in [9.17, 15) is 0 Å². The second-order valence-corrected chi connectivity index (χ2v) is 9.75.